The maximum absolute atomic E-state index is 6.12. The lowest BCUT2D eigenvalue weighted by molar-refractivity contribution is 0.107. The number of hydrogen-bond acceptors (Lipinski definition) is 3. The van der Waals surface area contributed by atoms with Crippen molar-refractivity contribution in [1.82, 2.24) is 0 Å². The molecule has 0 amide bonds. The summed E-state index contributed by atoms with van der Waals surface area (Å²) in [4.78, 5) is 0. The van der Waals surface area contributed by atoms with Gasteiger partial charge in [-0.25, -0.2) is 0 Å². The molecule has 0 aromatic heterocycles. The Morgan fingerprint density at radius 2 is 1.80 bits per heavy atom. The molecule has 1 aliphatic heterocycles. The number of hydrogen-bond donors (Lipinski definition) is 0. The van der Waals surface area contributed by atoms with Gasteiger partial charge in [0.1, 0.15) is 11.4 Å². The van der Waals surface area contributed by atoms with Crippen LogP contribution in [-0.2, 0) is 0 Å². The summed E-state index contributed by atoms with van der Waals surface area (Å²) in [5.74, 6) is 2.33. The van der Waals surface area contributed by atoms with Gasteiger partial charge in [-0.3, -0.25) is 0 Å². The first-order valence-electron chi connectivity index (χ1n) is 7.06. The first-order valence-corrected chi connectivity index (χ1v) is 7.06. The van der Waals surface area contributed by atoms with Crippen molar-refractivity contribution in [3.8, 4) is 17.2 Å². The second kappa shape index (κ2) is 5.39. The summed E-state index contributed by atoms with van der Waals surface area (Å²) in [6, 6.07) is 3.95. The van der Waals surface area contributed by atoms with Gasteiger partial charge in [0.25, 0.3) is 0 Å². The monoisotopic (exact) mass is 276 g/mol. The van der Waals surface area contributed by atoms with Crippen LogP contribution in [0.25, 0.3) is 5.57 Å². The topological polar surface area (TPSA) is 27.7 Å². The van der Waals surface area contributed by atoms with E-state index in [1.165, 1.54) is 11.1 Å². The van der Waals surface area contributed by atoms with E-state index in [1.54, 1.807) is 14.2 Å². The highest BCUT2D eigenvalue weighted by Crippen LogP contribution is 2.46. The zero-order chi connectivity index (χ0) is 14.9. The SMILES string of the molecule is CC/C(C)=C1\CC(C)(C)Oc2cc(OC)c(OC)cc21. The molecule has 0 spiro atoms. The Bertz CT molecular complexity index is 541. The van der Waals surface area contributed by atoms with Crippen LogP contribution in [0, 0.1) is 0 Å². The van der Waals surface area contributed by atoms with Crippen LogP contribution in [0.4, 0.5) is 0 Å². The number of fused-ring (bicyclic) bond motifs is 1. The van der Waals surface area contributed by atoms with Gasteiger partial charge in [-0.1, -0.05) is 12.5 Å². The Morgan fingerprint density at radius 3 is 2.35 bits per heavy atom. The predicted octanol–water partition coefficient (Wildman–Crippen LogP) is 4.45. The van der Waals surface area contributed by atoms with Crippen molar-refractivity contribution >= 4 is 5.57 Å². The number of rotatable bonds is 3. The summed E-state index contributed by atoms with van der Waals surface area (Å²) in [5, 5.41) is 0. The van der Waals surface area contributed by atoms with Crippen LogP contribution in [-0.4, -0.2) is 19.8 Å². The van der Waals surface area contributed by atoms with E-state index >= 15 is 0 Å². The summed E-state index contributed by atoms with van der Waals surface area (Å²) in [7, 11) is 3.31. The molecule has 0 fully saturated rings. The molecule has 1 aliphatic rings. The Hall–Kier alpha value is -1.64. The molecular weight excluding hydrogens is 252 g/mol. The molecule has 1 aromatic carbocycles. The van der Waals surface area contributed by atoms with Crippen LogP contribution in [0.1, 0.15) is 46.1 Å². The molecule has 0 bridgehead atoms. The fraction of sp³-hybridized carbons (Fsp3) is 0.529. The van der Waals surface area contributed by atoms with Gasteiger partial charge < -0.3 is 14.2 Å². The molecule has 0 unspecified atom stereocenters. The molecule has 0 atom stereocenters. The number of benzene rings is 1. The second-order valence-electron chi connectivity index (χ2n) is 5.85. The predicted molar refractivity (Wildman–Crippen MR) is 81.8 cm³/mol. The third-order valence-corrected chi connectivity index (χ3v) is 3.85. The normalized spacial score (nSPS) is 18.9. The highest BCUT2D eigenvalue weighted by molar-refractivity contribution is 5.77. The molecule has 0 aliphatic carbocycles. The highest BCUT2D eigenvalue weighted by atomic mass is 16.5. The molecule has 2 rings (SSSR count). The Labute approximate surface area is 121 Å². The number of allylic oxidation sites excluding steroid dienone is 1. The minimum Gasteiger partial charge on any atom is -0.493 e. The summed E-state index contributed by atoms with van der Waals surface area (Å²) in [6.07, 6.45) is 1.95. The van der Waals surface area contributed by atoms with E-state index in [0.29, 0.717) is 5.75 Å². The zero-order valence-corrected chi connectivity index (χ0v) is 13.3. The molecule has 0 N–H and O–H groups in total. The molecule has 3 nitrogen and oxygen atoms in total. The smallest absolute Gasteiger partial charge is 0.164 e. The van der Waals surface area contributed by atoms with Gasteiger partial charge in [-0.05, 0) is 38.8 Å². The van der Waals surface area contributed by atoms with Gasteiger partial charge in [0, 0.05) is 18.1 Å². The maximum Gasteiger partial charge on any atom is 0.164 e. The maximum atomic E-state index is 6.12. The van der Waals surface area contributed by atoms with E-state index in [-0.39, 0.29) is 5.60 Å². The zero-order valence-electron chi connectivity index (χ0n) is 13.3. The lowest BCUT2D eigenvalue weighted by Crippen LogP contribution is -2.32. The Kier molecular flexibility index (Phi) is 3.98. The second-order valence-corrected chi connectivity index (χ2v) is 5.85. The average Bonchev–Trinajstić information content (AvgIpc) is 2.43. The number of methoxy groups -OCH3 is 2. The van der Waals surface area contributed by atoms with E-state index in [0.717, 1.165) is 29.9 Å². The summed E-state index contributed by atoms with van der Waals surface area (Å²) < 4.78 is 16.9. The van der Waals surface area contributed by atoms with Crippen LogP contribution in [0.2, 0.25) is 0 Å². The number of ether oxygens (including phenoxy) is 3. The molecular formula is C17H24O3. The third-order valence-electron chi connectivity index (χ3n) is 3.85. The fourth-order valence-electron chi connectivity index (χ4n) is 2.63. The third kappa shape index (κ3) is 2.62. The molecule has 1 aromatic rings. The van der Waals surface area contributed by atoms with Crippen LogP contribution in [0.5, 0.6) is 17.2 Å². The van der Waals surface area contributed by atoms with Crippen LogP contribution in [0.3, 0.4) is 0 Å². The van der Waals surface area contributed by atoms with Crippen molar-refractivity contribution < 1.29 is 14.2 Å². The van der Waals surface area contributed by atoms with Crippen LogP contribution >= 0.6 is 0 Å². The van der Waals surface area contributed by atoms with E-state index in [9.17, 15) is 0 Å². The van der Waals surface area contributed by atoms with Crippen molar-refractivity contribution in [3.05, 3.63) is 23.3 Å². The Balaban J connectivity index is 2.65. The van der Waals surface area contributed by atoms with Crippen LogP contribution in [0.15, 0.2) is 17.7 Å². The molecule has 110 valence electrons. The Morgan fingerprint density at radius 1 is 1.20 bits per heavy atom. The summed E-state index contributed by atoms with van der Waals surface area (Å²) in [5.41, 5.74) is 3.69. The first kappa shape index (κ1) is 14.8. The summed E-state index contributed by atoms with van der Waals surface area (Å²) >= 11 is 0. The van der Waals surface area contributed by atoms with Gasteiger partial charge in [0.05, 0.1) is 14.2 Å². The highest BCUT2D eigenvalue weighted by Gasteiger charge is 2.32. The lowest BCUT2D eigenvalue weighted by Gasteiger charge is -2.35. The fourth-order valence-corrected chi connectivity index (χ4v) is 2.63. The first-order chi connectivity index (χ1) is 9.41. The van der Waals surface area contributed by atoms with E-state index in [4.69, 9.17) is 14.2 Å². The molecule has 0 radical (unpaired) electrons. The lowest BCUT2D eigenvalue weighted by atomic mass is 9.86. The summed E-state index contributed by atoms with van der Waals surface area (Å²) in [6.45, 7) is 8.62. The van der Waals surface area contributed by atoms with E-state index in [2.05, 4.69) is 27.7 Å². The standard InChI is InChI=1S/C17H24O3/c1-7-11(2)13-10-17(3,4)20-14-9-16(19-6)15(18-5)8-12(13)14/h8-9H,7,10H2,1-6H3/b13-11+. The van der Waals surface area contributed by atoms with Crippen molar-refractivity contribution in [2.24, 2.45) is 0 Å². The van der Waals surface area contributed by atoms with Crippen LogP contribution < -0.4 is 14.2 Å². The van der Waals surface area contributed by atoms with Gasteiger partial charge in [-0.2, -0.15) is 0 Å². The molecule has 0 saturated heterocycles. The van der Waals surface area contributed by atoms with Gasteiger partial charge in [0.15, 0.2) is 11.5 Å². The molecule has 0 saturated carbocycles. The van der Waals surface area contributed by atoms with E-state index in [1.807, 2.05) is 12.1 Å². The van der Waals surface area contributed by atoms with Gasteiger partial charge in [0.2, 0.25) is 0 Å². The van der Waals surface area contributed by atoms with E-state index < -0.39 is 0 Å². The van der Waals surface area contributed by atoms with Crippen molar-refractivity contribution in [2.45, 2.75) is 46.1 Å². The minimum atomic E-state index is -0.196. The van der Waals surface area contributed by atoms with Gasteiger partial charge in [-0.15, -0.1) is 0 Å². The molecule has 1 heterocycles. The van der Waals surface area contributed by atoms with Crippen molar-refractivity contribution in [3.63, 3.8) is 0 Å². The quantitative estimate of drug-likeness (QED) is 0.816. The van der Waals surface area contributed by atoms with Crippen molar-refractivity contribution in [2.75, 3.05) is 14.2 Å². The van der Waals surface area contributed by atoms with Gasteiger partial charge >= 0.3 is 0 Å². The molecule has 3 heteroatoms. The average molecular weight is 276 g/mol. The minimum absolute atomic E-state index is 0.196. The largest absolute Gasteiger partial charge is 0.493 e. The molecule has 20 heavy (non-hydrogen) atoms. The van der Waals surface area contributed by atoms with Crippen molar-refractivity contribution in [1.29, 1.82) is 0 Å².